The zero-order chi connectivity index (χ0) is 15.7. The van der Waals surface area contributed by atoms with Crippen molar-refractivity contribution in [1.29, 1.82) is 0 Å². The Morgan fingerprint density at radius 1 is 1.41 bits per heavy atom. The summed E-state index contributed by atoms with van der Waals surface area (Å²) < 4.78 is 19.5. The van der Waals surface area contributed by atoms with Crippen molar-refractivity contribution in [2.45, 2.75) is 38.3 Å². The number of aliphatic hydroxyl groups excluding tert-OH is 1. The maximum absolute atomic E-state index is 14.1. The van der Waals surface area contributed by atoms with Gasteiger partial charge in [0.05, 0.1) is 18.3 Å². The number of carbonyl (C=O) groups excluding carboxylic acids is 1. The van der Waals surface area contributed by atoms with Crippen molar-refractivity contribution in [1.82, 2.24) is 4.90 Å². The first-order valence-corrected chi connectivity index (χ1v) is 7.91. The van der Waals surface area contributed by atoms with Gasteiger partial charge in [0.25, 0.3) is 5.91 Å². The van der Waals surface area contributed by atoms with Crippen molar-refractivity contribution in [3.8, 4) is 0 Å². The van der Waals surface area contributed by atoms with Crippen LogP contribution in [-0.2, 0) is 4.74 Å². The third-order valence-corrected chi connectivity index (χ3v) is 4.77. The second kappa shape index (κ2) is 6.34. The number of carbonyl (C=O) groups is 1. The Kier molecular flexibility index (Phi) is 4.45. The lowest BCUT2D eigenvalue weighted by Gasteiger charge is -2.37. The van der Waals surface area contributed by atoms with Gasteiger partial charge in [-0.15, -0.1) is 0 Å². The molecule has 0 aliphatic carbocycles. The fraction of sp³-hybridized carbons (Fsp3) is 0.588. The predicted molar refractivity (Wildman–Crippen MR) is 80.1 cm³/mol. The highest BCUT2D eigenvalue weighted by atomic mass is 19.1. The van der Waals surface area contributed by atoms with Gasteiger partial charge < -0.3 is 14.7 Å². The highest BCUT2D eigenvalue weighted by Crippen LogP contribution is 2.31. The number of likely N-dealkylation sites (tertiary alicyclic amines) is 1. The molecule has 1 aromatic carbocycles. The summed E-state index contributed by atoms with van der Waals surface area (Å²) in [5.74, 6) is -0.831. The number of aliphatic hydroxyl groups is 1. The van der Waals surface area contributed by atoms with Gasteiger partial charge in [-0.2, -0.15) is 0 Å². The van der Waals surface area contributed by atoms with E-state index in [9.17, 15) is 14.3 Å². The van der Waals surface area contributed by atoms with Gasteiger partial charge in [0.1, 0.15) is 5.82 Å². The maximum atomic E-state index is 14.1. The van der Waals surface area contributed by atoms with Gasteiger partial charge in [0, 0.05) is 25.1 Å². The summed E-state index contributed by atoms with van der Waals surface area (Å²) in [5.41, 5.74) is 0.909. The third kappa shape index (κ3) is 2.88. The number of amides is 1. The Morgan fingerprint density at radius 2 is 2.23 bits per heavy atom. The van der Waals surface area contributed by atoms with Crippen LogP contribution in [0.3, 0.4) is 0 Å². The highest BCUT2D eigenvalue weighted by molar-refractivity contribution is 5.95. The van der Waals surface area contributed by atoms with Crippen LogP contribution >= 0.6 is 0 Å². The van der Waals surface area contributed by atoms with E-state index in [4.69, 9.17) is 4.74 Å². The molecule has 120 valence electrons. The topological polar surface area (TPSA) is 49.8 Å². The van der Waals surface area contributed by atoms with Crippen LogP contribution in [0.4, 0.5) is 4.39 Å². The number of aryl methyl sites for hydroxylation is 1. The predicted octanol–water partition coefficient (Wildman–Crippen LogP) is 2.14. The molecule has 22 heavy (non-hydrogen) atoms. The molecule has 0 aromatic heterocycles. The Hall–Kier alpha value is -1.46. The van der Waals surface area contributed by atoms with E-state index < -0.39 is 11.9 Å². The molecular weight excluding hydrogens is 285 g/mol. The standard InChI is InChI=1S/C17H22FNO3/c1-11-4-5-12(14(18)9-11)17(21)19-7-2-3-15(19)13-10-22-8-6-16(13)20/h4-5,9,13,15-16,20H,2-3,6-8,10H2,1H3/t13-,15-,16-/m1/s1. The number of halogens is 1. The quantitative estimate of drug-likeness (QED) is 0.910. The average molecular weight is 307 g/mol. The molecule has 0 spiro atoms. The summed E-state index contributed by atoms with van der Waals surface area (Å²) in [6, 6.07) is 4.62. The minimum absolute atomic E-state index is 0.0662. The Bertz CT molecular complexity index is 563. The van der Waals surface area contributed by atoms with Crippen LogP contribution in [0.25, 0.3) is 0 Å². The smallest absolute Gasteiger partial charge is 0.257 e. The van der Waals surface area contributed by atoms with Crippen molar-refractivity contribution in [3.05, 3.63) is 35.1 Å². The second-order valence-corrected chi connectivity index (χ2v) is 6.29. The first kappa shape index (κ1) is 15.4. The number of rotatable bonds is 2. The van der Waals surface area contributed by atoms with Crippen LogP contribution in [0.5, 0.6) is 0 Å². The van der Waals surface area contributed by atoms with Crippen molar-refractivity contribution >= 4 is 5.91 Å². The summed E-state index contributed by atoms with van der Waals surface area (Å²) in [7, 11) is 0. The molecule has 4 nitrogen and oxygen atoms in total. The van der Waals surface area contributed by atoms with Crippen molar-refractivity contribution in [3.63, 3.8) is 0 Å². The molecule has 3 rings (SSSR count). The molecule has 1 aromatic rings. The van der Waals surface area contributed by atoms with Crippen LogP contribution in [0.15, 0.2) is 18.2 Å². The maximum Gasteiger partial charge on any atom is 0.257 e. The Balaban J connectivity index is 1.81. The number of hydrogen-bond acceptors (Lipinski definition) is 3. The van der Waals surface area contributed by atoms with E-state index in [1.807, 2.05) is 0 Å². The Morgan fingerprint density at radius 3 is 2.95 bits per heavy atom. The lowest BCUT2D eigenvalue weighted by Crippen LogP contribution is -2.48. The number of benzene rings is 1. The molecule has 5 heteroatoms. The van der Waals surface area contributed by atoms with Gasteiger partial charge in [-0.3, -0.25) is 4.79 Å². The molecular formula is C17H22FNO3. The van der Waals surface area contributed by atoms with Crippen LogP contribution < -0.4 is 0 Å². The van der Waals surface area contributed by atoms with E-state index in [-0.39, 0.29) is 23.4 Å². The first-order chi connectivity index (χ1) is 10.6. The number of nitrogens with zero attached hydrogens (tertiary/aromatic N) is 1. The normalized spacial score (nSPS) is 28.9. The molecule has 2 aliphatic heterocycles. The summed E-state index contributed by atoms with van der Waals surface area (Å²) >= 11 is 0. The lowest BCUT2D eigenvalue weighted by atomic mass is 9.89. The molecule has 3 atom stereocenters. The second-order valence-electron chi connectivity index (χ2n) is 6.29. The minimum atomic E-state index is -0.476. The molecule has 0 radical (unpaired) electrons. The molecule has 2 saturated heterocycles. The lowest BCUT2D eigenvalue weighted by molar-refractivity contribution is -0.0589. The van der Waals surface area contributed by atoms with Gasteiger partial charge in [-0.25, -0.2) is 4.39 Å². The largest absolute Gasteiger partial charge is 0.393 e. The highest BCUT2D eigenvalue weighted by Gasteiger charge is 2.40. The van der Waals surface area contributed by atoms with Crippen LogP contribution in [0.1, 0.15) is 35.2 Å². The molecule has 0 bridgehead atoms. The van der Waals surface area contributed by atoms with E-state index in [0.717, 1.165) is 18.4 Å². The van der Waals surface area contributed by atoms with Crippen molar-refractivity contribution in [2.24, 2.45) is 5.92 Å². The molecule has 2 heterocycles. The van der Waals surface area contributed by atoms with Gasteiger partial charge in [-0.1, -0.05) is 6.07 Å². The van der Waals surface area contributed by atoms with E-state index in [1.54, 1.807) is 24.0 Å². The average Bonchev–Trinajstić information content (AvgIpc) is 2.96. The molecule has 2 fully saturated rings. The van der Waals surface area contributed by atoms with E-state index in [0.29, 0.717) is 26.2 Å². The van der Waals surface area contributed by atoms with Gasteiger partial charge >= 0.3 is 0 Å². The first-order valence-electron chi connectivity index (χ1n) is 7.91. The van der Waals surface area contributed by atoms with Gasteiger partial charge in [-0.05, 0) is 43.9 Å². The fourth-order valence-corrected chi connectivity index (χ4v) is 3.55. The number of hydrogen-bond donors (Lipinski definition) is 1. The summed E-state index contributed by atoms with van der Waals surface area (Å²) in [4.78, 5) is 14.4. The molecule has 1 N–H and O–H groups in total. The molecule has 0 unspecified atom stereocenters. The van der Waals surface area contributed by atoms with Gasteiger partial charge in [0.2, 0.25) is 0 Å². The monoisotopic (exact) mass is 307 g/mol. The summed E-state index contributed by atoms with van der Waals surface area (Å²) in [5, 5.41) is 10.2. The number of ether oxygens (including phenoxy) is 1. The Labute approximate surface area is 129 Å². The summed E-state index contributed by atoms with van der Waals surface area (Å²) in [6.07, 6.45) is 1.87. The zero-order valence-corrected chi connectivity index (χ0v) is 12.8. The molecule has 2 aliphatic rings. The minimum Gasteiger partial charge on any atom is -0.393 e. The van der Waals surface area contributed by atoms with Crippen LogP contribution in [-0.4, -0.2) is 47.8 Å². The fourth-order valence-electron chi connectivity index (χ4n) is 3.55. The zero-order valence-electron chi connectivity index (χ0n) is 12.8. The summed E-state index contributed by atoms with van der Waals surface area (Å²) in [6.45, 7) is 3.43. The van der Waals surface area contributed by atoms with Crippen molar-refractivity contribution in [2.75, 3.05) is 19.8 Å². The van der Waals surface area contributed by atoms with Crippen molar-refractivity contribution < 1.29 is 19.0 Å². The SMILES string of the molecule is Cc1ccc(C(=O)N2CCC[C@@H]2[C@H]2COCC[C@H]2O)c(F)c1. The van der Waals surface area contributed by atoms with E-state index in [1.165, 1.54) is 6.07 Å². The molecule has 0 saturated carbocycles. The third-order valence-electron chi connectivity index (χ3n) is 4.77. The van der Waals surface area contributed by atoms with Crippen LogP contribution in [0.2, 0.25) is 0 Å². The van der Waals surface area contributed by atoms with Gasteiger partial charge in [0.15, 0.2) is 0 Å². The van der Waals surface area contributed by atoms with Crippen LogP contribution in [0, 0.1) is 18.7 Å². The molecule has 1 amide bonds. The van der Waals surface area contributed by atoms with E-state index >= 15 is 0 Å². The van der Waals surface area contributed by atoms with E-state index in [2.05, 4.69) is 0 Å².